The van der Waals surface area contributed by atoms with Crippen LogP contribution >= 0.6 is 11.8 Å². The minimum atomic E-state index is -1.07. The van der Waals surface area contributed by atoms with E-state index >= 15 is 0 Å². The third-order valence-electron chi connectivity index (χ3n) is 4.10. The van der Waals surface area contributed by atoms with E-state index in [2.05, 4.69) is 10.3 Å². The van der Waals surface area contributed by atoms with Crippen LogP contribution in [0.2, 0.25) is 0 Å². The lowest BCUT2D eigenvalue weighted by Crippen LogP contribution is -2.35. The Morgan fingerprint density at radius 2 is 2.07 bits per heavy atom. The highest BCUT2D eigenvalue weighted by Gasteiger charge is 2.27. The van der Waals surface area contributed by atoms with Crippen molar-refractivity contribution in [2.45, 2.75) is 18.6 Å². The molecule has 0 radical (unpaired) electrons. The Balaban J connectivity index is 1.81. The molecule has 1 aliphatic heterocycles. The molecule has 2 unspecified atom stereocenters. The van der Waals surface area contributed by atoms with E-state index in [9.17, 15) is 14.0 Å². The van der Waals surface area contributed by atoms with Crippen LogP contribution in [0.4, 0.5) is 4.39 Å². The SMILES string of the molecule is COC(=O)C(NC(=O)c1cccnc1OC1CCSC1)c1ccc(F)cc1. The summed E-state index contributed by atoms with van der Waals surface area (Å²) in [7, 11) is 1.22. The van der Waals surface area contributed by atoms with Gasteiger partial charge in [-0.25, -0.2) is 14.2 Å². The fourth-order valence-electron chi connectivity index (χ4n) is 2.68. The predicted molar refractivity (Wildman–Crippen MR) is 99.2 cm³/mol. The van der Waals surface area contributed by atoms with Crippen molar-refractivity contribution in [2.75, 3.05) is 18.6 Å². The second kappa shape index (κ2) is 8.85. The van der Waals surface area contributed by atoms with Crippen LogP contribution < -0.4 is 10.1 Å². The standard InChI is InChI=1S/C19H19FN2O4S/c1-25-19(24)16(12-4-6-13(20)7-5-12)22-17(23)15-3-2-9-21-18(15)26-14-8-10-27-11-14/h2-7,9,14,16H,8,10-11H2,1H3,(H,22,23). The highest BCUT2D eigenvalue weighted by atomic mass is 32.2. The van der Waals surface area contributed by atoms with E-state index in [-0.39, 0.29) is 17.5 Å². The first kappa shape index (κ1) is 19.2. The molecule has 1 fully saturated rings. The van der Waals surface area contributed by atoms with E-state index in [4.69, 9.17) is 9.47 Å². The summed E-state index contributed by atoms with van der Waals surface area (Å²) in [6.45, 7) is 0. The van der Waals surface area contributed by atoms with Crippen molar-refractivity contribution in [3.8, 4) is 5.88 Å². The number of amides is 1. The van der Waals surface area contributed by atoms with Gasteiger partial charge in [-0.05, 0) is 42.0 Å². The molecule has 0 bridgehead atoms. The Morgan fingerprint density at radius 3 is 2.74 bits per heavy atom. The topological polar surface area (TPSA) is 77.5 Å². The summed E-state index contributed by atoms with van der Waals surface area (Å²) < 4.78 is 23.8. The van der Waals surface area contributed by atoms with Crippen molar-refractivity contribution in [1.82, 2.24) is 10.3 Å². The number of hydrogen-bond donors (Lipinski definition) is 1. The van der Waals surface area contributed by atoms with Crippen LogP contribution in [0.25, 0.3) is 0 Å². The van der Waals surface area contributed by atoms with E-state index in [0.717, 1.165) is 17.9 Å². The number of carbonyl (C=O) groups is 2. The highest BCUT2D eigenvalue weighted by molar-refractivity contribution is 7.99. The Kier molecular flexibility index (Phi) is 6.28. The maximum Gasteiger partial charge on any atom is 0.333 e. The van der Waals surface area contributed by atoms with Gasteiger partial charge in [0.25, 0.3) is 5.91 Å². The first-order chi connectivity index (χ1) is 13.1. The Bertz CT molecular complexity index is 810. The van der Waals surface area contributed by atoms with Gasteiger partial charge in [-0.1, -0.05) is 12.1 Å². The molecule has 2 heterocycles. The van der Waals surface area contributed by atoms with E-state index in [1.807, 2.05) is 0 Å². The Morgan fingerprint density at radius 1 is 1.30 bits per heavy atom. The van der Waals surface area contributed by atoms with Gasteiger partial charge in [0.05, 0.1) is 7.11 Å². The molecule has 0 saturated carbocycles. The highest BCUT2D eigenvalue weighted by Crippen LogP contribution is 2.25. The Labute approximate surface area is 160 Å². The number of hydrogen-bond acceptors (Lipinski definition) is 6. The monoisotopic (exact) mass is 390 g/mol. The van der Waals surface area contributed by atoms with Crippen LogP contribution in [0.1, 0.15) is 28.4 Å². The molecule has 1 aliphatic rings. The van der Waals surface area contributed by atoms with Gasteiger partial charge in [0.2, 0.25) is 5.88 Å². The summed E-state index contributed by atoms with van der Waals surface area (Å²) in [5, 5.41) is 2.62. The van der Waals surface area contributed by atoms with E-state index in [0.29, 0.717) is 5.56 Å². The normalized spacial score (nSPS) is 17.2. The van der Waals surface area contributed by atoms with Gasteiger partial charge in [-0.2, -0.15) is 11.8 Å². The van der Waals surface area contributed by atoms with Gasteiger partial charge < -0.3 is 14.8 Å². The number of methoxy groups -OCH3 is 1. The first-order valence-electron chi connectivity index (χ1n) is 8.42. The number of carbonyl (C=O) groups excluding carboxylic acids is 2. The number of benzene rings is 1. The number of ether oxygens (including phenoxy) is 2. The average Bonchev–Trinajstić information content (AvgIpc) is 3.19. The lowest BCUT2D eigenvalue weighted by Gasteiger charge is -2.19. The molecule has 1 N–H and O–H groups in total. The summed E-state index contributed by atoms with van der Waals surface area (Å²) in [5.41, 5.74) is 0.639. The van der Waals surface area contributed by atoms with E-state index < -0.39 is 23.7 Å². The van der Waals surface area contributed by atoms with Crippen molar-refractivity contribution in [3.05, 3.63) is 59.5 Å². The van der Waals surface area contributed by atoms with Crippen LogP contribution in [0, 0.1) is 5.82 Å². The predicted octanol–water partition coefficient (Wildman–Crippen LogP) is 2.75. The second-order valence-electron chi connectivity index (χ2n) is 5.94. The van der Waals surface area contributed by atoms with Crippen LogP contribution in [0.15, 0.2) is 42.6 Å². The molecule has 0 aliphatic carbocycles. The molecular weight excluding hydrogens is 371 g/mol. The second-order valence-corrected chi connectivity index (χ2v) is 7.09. The van der Waals surface area contributed by atoms with E-state index in [1.54, 1.807) is 30.1 Å². The number of esters is 1. The van der Waals surface area contributed by atoms with Gasteiger partial charge in [-0.15, -0.1) is 0 Å². The molecule has 0 spiro atoms. The minimum Gasteiger partial charge on any atom is -0.473 e. The van der Waals surface area contributed by atoms with Crippen molar-refractivity contribution in [1.29, 1.82) is 0 Å². The molecule has 142 valence electrons. The van der Waals surface area contributed by atoms with Crippen LogP contribution in [-0.2, 0) is 9.53 Å². The van der Waals surface area contributed by atoms with Gasteiger partial charge >= 0.3 is 5.97 Å². The molecule has 1 aromatic carbocycles. The average molecular weight is 390 g/mol. The molecule has 8 heteroatoms. The van der Waals surface area contributed by atoms with E-state index in [1.165, 1.54) is 31.4 Å². The number of pyridine rings is 1. The molecule has 1 aromatic heterocycles. The maximum absolute atomic E-state index is 13.2. The lowest BCUT2D eigenvalue weighted by atomic mass is 10.1. The molecule has 2 aromatic rings. The van der Waals surface area contributed by atoms with Crippen molar-refractivity contribution in [2.24, 2.45) is 0 Å². The molecule has 6 nitrogen and oxygen atoms in total. The van der Waals surface area contributed by atoms with Crippen LogP contribution in [-0.4, -0.2) is 41.6 Å². The number of nitrogens with one attached hydrogen (secondary N) is 1. The first-order valence-corrected chi connectivity index (χ1v) is 9.57. The number of nitrogens with zero attached hydrogens (tertiary/aromatic N) is 1. The molecule has 2 atom stereocenters. The Hall–Kier alpha value is -2.61. The van der Waals surface area contributed by atoms with Gasteiger partial charge in [0.1, 0.15) is 17.5 Å². The molecular formula is C19H19FN2O4S. The third kappa shape index (κ3) is 4.77. The largest absolute Gasteiger partial charge is 0.473 e. The fourth-order valence-corrected chi connectivity index (χ4v) is 3.78. The number of aromatic nitrogens is 1. The minimum absolute atomic E-state index is 0.00459. The fraction of sp³-hybridized carbons (Fsp3) is 0.316. The van der Waals surface area contributed by atoms with Crippen molar-refractivity contribution < 1.29 is 23.5 Å². The quantitative estimate of drug-likeness (QED) is 0.765. The smallest absolute Gasteiger partial charge is 0.333 e. The van der Waals surface area contributed by atoms with Gasteiger partial charge in [-0.3, -0.25) is 4.79 Å². The van der Waals surface area contributed by atoms with Gasteiger partial charge in [0, 0.05) is 11.9 Å². The maximum atomic E-state index is 13.2. The summed E-state index contributed by atoms with van der Waals surface area (Å²) in [4.78, 5) is 29.1. The summed E-state index contributed by atoms with van der Waals surface area (Å²) in [6.07, 6.45) is 2.44. The number of thioether (sulfide) groups is 1. The van der Waals surface area contributed by atoms with Crippen molar-refractivity contribution >= 4 is 23.6 Å². The molecule has 1 amide bonds. The summed E-state index contributed by atoms with van der Waals surface area (Å²) in [5.74, 6) is 0.458. The molecule has 3 rings (SSSR count). The zero-order valence-electron chi connectivity index (χ0n) is 14.7. The third-order valence-corrected chi connectivity index (χ3v) is 5.23. The summed E-state index contributed by atoms with van der Waals surface area (Å²) in [6, 6.07) is 7.41. The molecule has 1 saturated heterocycles. The molecule has 27 heavy (non-hydrogen) atoms. The number of rotatable bonds is 6. The van der Waals surface area contributed by atoms with Crippen LogP contribution in [0.5, 0.6) is 5.88 Å². The lowest BCUT2D eigenvalue weighted by molar-refractivity contribution is -0.143. The van der Waals surface area contributed by atoms with Crippen molar-refractivity contribution in [3.63, 3.8) is 0 Å². The number of halogens is 1. The zero-order chi connectivity index (χ0) is 19.2. The van der Waals surface area contributed by atoms with Crippen LogP contribution in [0.3, 0.4) is 0 Å². The van der Waals surface area contributed by atoms with Gasteiger partial charge in [0.15, 0.2) is 6.04 Å². The summed E-state index contributed by atoms with van der Waals surface area (Å²) >= 11 is 1.79. The zero-order valence-corrected chi connectivity index (χ0v) is 15.5.